The Balaban J connectivity index is 1.76. The summed E-state index contributed by atoms with van der Waals surface area (Å²) in [5, 5.41) is 10.2. The number of nitrogens with two attached hydrogens (primary N) is 1. The van der Waals surface area contributed by atoms with Crippen LogP contribution >= 0.6 is 0 Å². The molecule has 1 aliphatic rings. The van der Waals surface area contributed by atoms with Crippen LogP contribution in [0, 0.1) is 11.3 Å². The molecule has 190 valence electrons. The van der Waals surface area contributed by atoms with E-state index in [1.165, 1.54) is 9.13 Å². The first-order chi connectivity index (χ1) is 17.8. The van der Waals surface area contributed by atoms with E-state index in [0.717, 1.165) is 30.5 Å². The highest BCUT2D eigenvalue weighted by Crippen LogP contribution is 2.32. The largest absolute Gasteiger partial charge is 0.355 e. The van der Waals surface area contributed by atoms with Gasteiger partial charge in [0, 0.05) is 32.7 Å². The quantitative estimate of drug-likeness (QED) is 0.418. The van der Waals surface area contributed by atoms with E-state index < -0.39 is 11.2 Å². The number of aryl methyl sites for hydroxylation is 1. The second-order valence-corrected chi connectivity index (χ2v) is 9.83. The highest BCUT2D eigenvalue weighted by Gasteiger charge is 2.29. The van der Waals surface area contributed by atoms with E-state index >= 15 is 0 Å². The minimum atomic E-state index is -0.509. The van der Waals surface area contributed by atoms with Crippen molar-refractivity contribution in [2.75, 3.05) is 18.0 Å². The normalized spacial score (nSPS) is 15.8. The van der Waals surface area contributed by atoms with Crippen LogP contribution < -0.4 is 21.9 Å². The van der Waals surface area contributed by atoms with Crippen LogP contribution in [0.5, 0.6) is 0 Å². The highest BCUT2D eigenvalue weighted by molar-refractivity contribution is 5.90. The molecule has 0 spiro atoms. The van der Waals surface area contributed by atoms with Gasteiger partial charge in [-0.3, -0.25) is 18.9 Å². The van der Waals surface area contributed by atoms with Gasteiger partial charge < -0.3 is 15.2 Å². The van der Waals surface area contributed by atoms with Crippen LogP contribution in [0.15, 0.2) is 51.7 Å². The zero-order chi connectivity index (χ0) is 26.3. The molecule has 1 fully saturated rings. The summed E-state index contributed by atoms with van der Waals surface area (Å²) < 4.78 is 4.44. The number of rotatable bonds is 5. The zero-order valence-electron chi connectivity index (χ0n) is 21.3. The number of fused-ring (bicyclic) bond motifs is 2. The van der Waals surface area contributed by atoms with Gasteiger partial charge in [0.25, 0.3) is 5.56 Å². The molecule has 10 nitrogen and oxygen atoms in total. The summed E-state index contributed by atoms with van der Waals surface area (Å²) in [4.78, 5) is 38.5. The minimum Gasteiger partial charge on any atom is -0.355 e. The van der Waals surface area contributed by atoms with Crippen LogP contribution in [0.3, 0.4) is 0 Å². The SMILES string of the molecule is CC(C)=CCn1c(N2CCCC(N)C2)c(C#N)c2c1c(=O)n(Cc1cnc3ccccc3n1)c(=O)n2C. The van der Waals surface area contributed by atoms with Crippen LogP contribution in [-0.2, 0) is 20.1 Å². The number of nitrogens with zero attached hydrogens (tertiary/aromatic N) is 7. The summed E-state index contributed by atoms with van der Waals surface area (Å²) in [6.45, 7) is 5.64. The second-order valence-electron chi connectivity index (χ2n) is 9.83. The maximum absolute atomic E-state index is 14.0. The smallest absolute Gasteiger partial charge is 0.331 e. The van der Waals surface area contributed by atoms with Gasteiger partial charge in [0.15, 0.2) is 0 Å². The fraction of sp³-hybridized carbons (Fsp3) is 0.370. The topological polar surface area (TPSA) is 128 Å². The third kappa shape index (κ3) is 4.32. The van der Waals surface area contributed by atoms with Gasteiger partial charge in [-0.25, -0.2) is 9.78 Å². The number of nitriles is 1. The van der Waals surface area contributed by atoms with Crippen molar-refractivity contribution in [1.29, 1.82) is 5.26 Å². The van der Waals surface area contributed by atoms with E-state index in [1.807, 2.05) is 48.8 Å². The van der Waals surface area contributed by atoms with Crippen LogP contribution in [0.25, 0.3) is 22.1 Å². The minimum absolute atomic E-state index is 0.0258. The predicted octanol–water partition coefficient (Wildman–Crippen LogP) is 2.26. The Labute approximate surface area is 213 Å². The Kier molecular flexibility index (Phi) is 6.39. The van der Waals surface area contributed by atoms with E-state index in [0.29, 0.717) is 46.7 Å². The molecule has 1 unspecified atom stereocenters. The molecule has 10 heteroatoms. The van der Waals surface area contributed by atoms with Crippen molar-refractivity contribution in [2.24, 2.45) is 12.8 Å². The molecular weight excluding hydrogens is 468 g/mol. The average molecular weight is 499 g/mol. The first-order valence-corrected chi connectivity index (χ1v) is 12.4. The van der Waals surface area contributed by atoms with Crippen molar-refractivity contribution >= 4 is 27.9 Å². The van der Waals surface area contributed by atoms with Crippen LogP contribution in [0.1, 0.15) is 37.9 Å². The molecular formula is C27H30N8O2. The van der Waals surface area contributed by atoms with Gasteiger partial charge in [0.2, 0.25) is 0 Å². The monoisotopic (exact) mass is 498 g/mol. The summed E-state index contributed by atoms with van der Waals surface area (Å²) in [6.07, 6.45) is 5.39. The first kappa shape index (κ1) is 24.5. The molecule has 3 aromatic heterocycles. The third-order valence-electron chi connectivity index (χ3n) is 6.88. The number of hydrogen-bond acceptors (Lipinski definition) is 7. The number of piperidine rings is 1. The highest BCUT2D eigenvalue weighted by atomic mass is 16.2. The molecule has 0 saturated carbocycles. The Morgan fingerprint density at radius 2 is 1.95 bits per heavy atom. The summed E-state index contributed by atoms with van der Waals surface area (Å²) in [7, 11) is 1.60. The molecule has 1 aromatic carbocycles. The lowest BCUT2D eigenvalue weighted by molar-refractivity contribution is 0.498. The first-order valence-electron chi connectivity index (χ1n) is 12.4. The van der Waals surface area contributed by atoms with Crippen molar-refractivity contribution in [2.45, 2.75) is 45.8 Å². The molecule has 1 aliphatic heterocycles. The summed E-state index contributed by atoms with van der Waals surface area (Å²) in [5.41, 5.74) is 9.30. The van der Waals surface area contributed by atoms with E-state index in [2.05, 4.69) is 20.9 Å². The Morgan fingerprint density at radius 1 is 1.19 bits per heavy atom. The molecule has 1 atom stereocenters. The standard InChI is InChI=1S/C27H30N8O2/c1-17(2)10-12-34-24-23(20(13-28)25(34)33-11-6-7-18(29)15-33)32(3)27(37)35(26(24)36)16-19-14-30-21-8-4-5-9-22(21)31-19/h4-5,8-10,14,18H,6-7,11-12,15-16,29H2,1-3H3. The number of para-hydroxylation sites is 2. The molecule has 0 radical (unpaired) electrons. The van der Waals surface area contributed by atoms with Crippen molar-refractivity contribution < 1.29 is 0 Å². The summed E-state index contributed by atoms with van der Waals surface area (Å²) in [6, 6.07) is 9.71. The maximum atomic E-state index is 14.0. The molecule has 0 aliphatic carbocycles. The lowest BCUT2D eigenvalue weighted by atomic mass is 10.1. The number of aromatic nitrogens is 5. The van der Waals surface area contributed by atoms with E-state index in [4.69, 9.17) is 5.73 Å². The van der Waals surface area contributed by atoms with Crippen molar-refractivity contribution in [1.82, 2.24) is 23.7 Å². The third-order valence-corrected chi connectivity index (χ3v) is 6.88. The Hall–Kier alpha value is -4.23. The Bertz CT molecular complexity index is 1700. The van der Waals surface area contributed by atoms with Crippen LogP contribution in [0.4, 0.5) is 5.82 Å². The molecule has 0 amide bonds. The molecule has 1 saturated heterocycles. The number of anilines is 1. The molecule has 37 heavy (non-hydrogen) atoms. The van der Waals surface area contributed by atoms with Crippen LogP contribution in [0.2, 0.25) is 0 Å². The van der Waals surface area contributed by atoms with Crippen molar-refractivity contribution in [3.63, 3.8) is 0 Å². The number of hydrogen-bond donors (Lipinski definition) is 1. The van der Waals surface area contributed by atoms with Gasteiger partial charge in [-0.1, -0.05) is 23.8 Å². The molecule has 2 N–H and O–H groups in total. The molecule has 0 bridgehead atoms. The van der Waals surface area contributed by atoms with Crippen molar-refractivity contribution in [3.8, 4) is 6.07 Å². The van der Waals surface area contributed by atoms with Gasteiger partial charge in [-0.15, -0.1) is 0 Å². The van der Waals surface area contributed by atoms with Crippen molar-refractivity contribution in [3.05, 3.63) is 74.2 Å². The number of allylic oxidation sites excluding steroid dienone is 2. The summed E-state index contributed by atoms with van der Waals surface area (Å²) in [5.74, 6) is 0.639. The molecule has 5 rings (SSSR count). The van der Waals surface area contributed by atoms with E-state index in [-0.39, 0.29) is 12.6 Å². The predicted molar refractivity (Wildman–Crippen MR) is 144 cm³/mol. The average Bonchev–Trinajstić information content (AvgIpc) is 3.23. The zero-order valence-corrected chi connectivity index (χ0v) is 21.3. The number of benzene rings is 1. The van der Waals surface area contributed by atoms with Gasteiger partial charge in [-0.05, 0) is 38.8 Å². The Morgan fingerprint density at radius 3 is 2.65 bits per heavy atom. The lowest BCUT2D eigenvalue weighted by Crippen LogP contribution is -2.44. The van der Waals surface area contributed by atoms with Gasteiger partial charge in [0.1, 0.15) is 23.0 Å². The fourth-order valence-electron chi connectivity index (χ4n) is 5.09. The van der Waals surface area contributed by atoms with Gasteiger partial charge in [-0.2, -0.15) is 5.26 Å². The maximum Gasteiger partial charge on any atom is 0.331 e. The summed E-state index contributed by atoms with van der Waals surface area (Å²) >= 11 is 0. The van der Waals surface area contributed by atoms with Crippen LogP contribution in [-0.4, -0.2) is 42.8 Å². The van der Waals surface area contributed by atoms with Gasteiger partial charge >= 0.3 is 5.69 Å². The second kappa shape index (κ2) is 9.67. The molecule has 4 heterocycles. The van der Waals surface area contributed by atoms with E-state index in [9.17, 15) is 14.9 Å². The van der Waals surface area contributed by atoms with Gasteiger partial charge in [0.05, 0.1) is 35.0 Å². The fourth-order valence-corrected chi connectivity index (χ4v) is 5.09. The molecule has 4 aromatic rings. The lowest BCUT2D eigenvalue weighted by Gasteiger charge is -2.33. The van der Waals surface area contributed by atoms with E-state index in [1.54, 1.807) is 13.2 Å².